The van der Waals surface area contributed by atoms with Crippen LogP contribution < -0.4 is 5.32 Å². The molecule has 0 aliphatic heterocycles. The maximum absolute atomic E-state index is 11.9. The molecule has 1 aromatic carbocycles. The highest BCUT2D eigenvalue weighted by Gasteiger charge is 2.45. The quantitative estimate of drug-likeness (QED) is 0.868. The average Bonchev–Trinajstić information content (AvgIpc) is 2.32. The topological polar surface area (TPSA) is 66.4 Å². The van der Waals surface area contributed by atoms with Crippen LogP contribution in [0.2, 0.25) is 0 Å². The van der Waals surface area contributed by atoms with Gasteiger partial charge in [-0.25, -0.2) is 0 Å². The predicted octanol–water partition coefficient (Wildman–Crippen LogP) is 2.56. The number of rotatable bonds is 5. The number of carbonyl (C=O) groups excluding carboxylic acids is 1. The third-order valence-electron chi connectivity index (χ3n) is 4.24. The lowest BCUT2D eigenvalue weighted by atomic mass is 9.66. The molecule has 2 N–H and O–H groups in total. The van der Waals surface area contributed by atoms with Crippen LogP contribution >= 0.6 is 0 Å². The largest absolute Gasteiger partial charge is 0.481 e. The van der Waals surface area contributed by atoms with Gasteiger partial charge in [0.15, 0.2) is 0 Å². The second-order valence-corrected chi connectivity index (χ2v) is 5.82. The lowest BCUT2D eigenvalue weighted by molar-refractivity contribution is -0.157. The number of carbonyl (C=O) groups is 2. The first-order valence-corrected chi connectivity index (χ1v) is 6.99. The summed E-state index contributed by atoms with van der Waals surface area (Å²) in [5.74, 6) is -1.02. The number of aliphatic carboxylic acids is 1. The molecule has 108 valence electrons. The molecule has 0 heterocycles. The van der Waals surface area contributed by atoms with Gasteiger partial charge in [-0.05, 0) is 37.8 Å². The van der Waals surface area contributed by atoms with Crippen LogP contribution in [0.25, 0.3) is 0 Å². The monoisotopic (exact) mass is 275 g/mol. The number of nitrogens with one attached hydrogen (secondary N) is 1. The summed E-state index contributed by atoms with van der Waals surface area (Å²) in [5.41, 5.74) is 2.59. The van der Waals surface area contributed by atoms with Gasteiger partial charge in [0, 0.05) is 13.0 Å². The maximum atomic E-state index is 11.9. The molecule has 1 fully saturated rings. The van der Waals surface area contributed by atoms with Crippen molar-refractivity contribution in [2.75, 3.05) is 0 Å². The lowest BCUT2D eigenvalue weighted by Gasteiger charge is -2.36. The summed E-state index contributed by atoms with van der Waals surface area (Å²) >= 11 is 0. The second-order valence-electron chi connectivity index (χ2n) is 5.82. The summed E-state index contributed by atoms with van der Waals surface area (Å²) in [6.07, 6.45) is 2.21. The van der Waals surface area contributed by atoms with Crippen LogP contribution in [0.1, 0.15) is 42.4 Å². The molecule has 0 bridgehead atoms. The average molecular weight is 275 g/mol. The minimum Gasteiger partial charge on any atom is -0.481 e. The highest BCUT2D eigenvalue weighted by molar-refractivity contribution is 5.85. The van der Waals surface area contributed by atoms with E-state index in [4.69, 9.17) is 0 Å². The van der Waals surface area contributed by atoms with E-state index in [2.05, 4.69) is 11.4 Å². The number of amides is 1. The molecule has 4 heteroatoms. The molecule has 0 atom stereocenters. The van der Waals surface area contributed by atoms with E-state index in [1.54, 1.807) is 0 Å². The van der Waals surface area contributed by atoms with Crippen molar-refractivity contribution >= 4 is 11.9 Å². The van der Waals surface area contributed by atoms with Crippen LogP contribution in [0.15, 0.2) is 18.2 Å². The fourth-order valence-corrected chi connectivity index (χ4v) is 2.68. The molecule has 2 rings (SSSR count). The van der Waals surface area contributed by atoms with Gasteiger partial charge in [0.05, 0.1) is 5.41 Å². The second kappa shape index (κ2) is 5.65. The van der Waals surface area contributed by atoms with Crippen molar-refractivity contribution in [3.05, 3.63) is 34.9 Å². The van der Waals surface area contributed by atoms with Crippen molar-refractivity contribution in [1.82, 2.24) is 5.32 Å². The molecule has 0 radical (unpaired) electrons. The summed E-state index contributed by atoms with van der Waals surface area (Å²) in [5, 5.41) is 12.0. The molecular formula is C16H21NO3. The van der Waals surface area contributed by atoms with E-state index >= 15 is 0 Å². The Kier molecular flexibility index (Phi) is 4.12. The number of carboxylic acid groups (broad SMARTS) is 1. The molecule has 1 saturated carbocycles. The van der Waals surface area contributed by atoms with E-state index in [1.165, 1.54) is 5.56 Å². The van der Waals surface area contributed by atoms with Crippen molar-refractivity contribution in [3.63, 3.8) is 0 Å². The zero-order valence-electron chi connectivity index (χ0n) is 12.0. The molecule has 1 aromatic rings. The summed E-state index contributed by atoms with van der Waals surface area (Å²) < 4.78 is 0. The van der Waals surface area contributed by atoms with Gasteiger partial charge < -0.3 is 10.4 Å². The van der Waals surface area contributed by atoms with Crippen LogP contribution in [-0.4, -0.2) is 17.0 Å². The van der Waals surface area contributed by atoms with Gasteiger partial charge in [0.1, 0.15) is 0 Å². The summed E-state index contributed by atoms with van der Waals surface area (Å²) in [6, 6.07) is 6.09. The van der Waals surface area contributed by atoms with Crippen molar-refractivity contribution in [1.29, 1.82) is 0 Å². The molecule has 1 aliphatic carbocycles. The molecule has 0 spiro atoms. The van der Waals surface area contributed by atoms with Gasteiger partial charge in [-0.3, -0.25) is 9.59 Å². The van der Waals surface area contributed by atoms with Crippen LogP contribution in [0.4, 0.5) is 0 Å². The van der Waals surface area contributed by atoms with Gasteiger partial charge in [0.25, 0.3) is 0 Å². The molecule has 0 aromatic heterocycles. The third-order valence-corrected chi connectivity index (χ3v) is 4.24. The van der Waals surface area contributed by atoms with E-state index in [0.717, 1.165) is 17.5 Å². The highest BCUT2D eigenvalue weighted by atomic mass is 16.4. The Morgan fingerprint density at radius 3 is 2.50 bits per heavy atom. The van der Waals surface area contributed by atoms with Gasteiger partial charge in [-0.1, -0.05) is 30.2 Å². The minimum absolute atomic E-state index is 0.0905. The minimum atomic E-state index is -0.842. The number of hydrogen-bond acceptors (Lipinski definition) is 2. The molecule has 1 aliphatic rings. The van der Waals surface area contributed by atoms with E-state index in [9.17, 15) is 14.7 Å². The zero-order valence-corrected chi connectivity index (χ0v) is 12.0. The summed E-state index contributed by atoms with van der Waals surface area (Å²) in [7, 11) is 0. The Morgan fingerprint density at radius 1 is 1.30 bits per heavy atom. The van der Waals surface area contributed by atoms with Gasteiger partial charge in [-0.2, -0.15) is 0 Å². The van der Waals surface area contributed by atoms with Crippen molar-refractivity contribution in [2.24, 2.45) is 5.41 Å². The predicted molar refractivity (Wildman–Crippen MR) is 76.3 cm³/mol. The van der Waals surface area contributed by atoms with E-state index in [1.807, 2.05) is 26.0 Å². The normalized spacial score (nSPS) is 16.3. The van der Waals surface area contributed by atoms with Crippen LogP contribution in [0.5, 0.6) is 0 Å². The molecule has 0 saturated heterocycles. The van der Waals surface area contributed by atoms with Crippen LogP contribution in [-0.2, 0) is 16.1 Å². The van der Waals surface area contributed by atoms with Crippen LogP contribution in [0.3, 0.4) is 0 Å². The van der Waals surface area contributed by atoms with E-state index in [-0.39, 0.29) is 12.3 Å². The lowest BCUT2D eigenvalue weighted by Crippen LogP contribution is -2.42. The number of aryl methyl sites for hydroxylation is 2. The number of hydrogen-bond donors (Lipinski definition) is 2. The van der Waals surface area contributed by atoms with Crippen molar-refractivity contribution in [2.45, 2.75) is 46.1 Å². The van der Waals surface area contributed by atoms with E-state index in [0.29, 0.717) is 19.4 Å². The fourth-order valence-electron chi connectivity index (χ4n) is 2.68. The van der Waals surface area contributed by atoms with Gasteiger partial charge in [-0.15, -0.1) is 0 Å². The molecule has 4 nitrogen and oxygen atoms in total. The van der Waals surface area contributed by atoms with Crippen LogP contribution in [0, 0.1) is 19.3 Å². The summed E-state index contributed by atoms with van der Waals surface area (Å²) in [6.45, 7) is 4.50. The molecule has 20 heavy (non-hydrogen) atoms. The summed E-state index contributed by atoms with van der Waals surface area (Å²) in [4.78, 5) is 23.2. The maximum Gasteiger partial charge on any atom is 0.310 e. The standard InChI is InChI=1S/C16H21NO3/c1-11-4-5-13(12(2)8-11)10-17-14(18)9-16(15(19)20)6-3-7-16/h4-5,8H,3,6-7,9-10H2,1-2H3,(H,17,18)(H,19,20). The Bertz CT molecular complexity index is 533. The first-order chi connectivity index (χ1) is 9.43. The number of carboxylic acids is 1. The molecule has 1 amide bonds. The molecule has 0 unspecified atom stereocenters. The Labute approximate surface area is 119 Å². The Morgan fingerprint density at radius 2 is 2.00 bits per heavy atom. The van der Waals surface area contributed by atoms with Gasteiger partial charge >= 0.3 is 5.97 Å². The Balaban J connectivity index is 1.91. The van der Waals surface area contributed by atoms with Crippen molar-refractivity contribution < 1.29 is 14.7 Å². The van der Waals surface area contributed by atoms with Gasteiger partial charge in [0.2, 0.25) is 5.91 Å². The first kappa shape index (κ1) is 14.6. The highest BCUT2D eigenvalue weighted by Crippen LogP contribution is 2.44. The zero-order chi connectivity index (χ0) is 14.8. The smallest absolute Gasteiger partial charge is 0.310 e. The Hall–Kier alpha value is -1.84. The molecular weight excluding hydrogens is 254 g/mol. The van der Waals surface area contributed by atoms with Crippen molar-refractivity contribution in [3.8, 4) is 0 Å². The SMILES string of the molecule is Cc1ccc(CNC(=O)CC2(C(=O)O)CCC2)c(C)c1. The third kappa shape index (κ3) is 3.00. The fraction of sp³-hybridized carbons (Fsp3) is 0.500. The number of benzene rings is 1. The van der Waals surface area contributed by atoms with E-state index < -0.39 is 11.4 Å². The first-order valence-electron chi connectivity index (χ1n) is 6.99.